The molecule has 0 aliphatic rings. The van der Waals surface area contributed by atoms with Gasteiger partial charge in [-0.3, -0.25) is 9.59 Å². The molecule has 1 aromatic heterocycles. The summed E-state index contributed by atoms with van der Waals surface area (Å²) in [6.07, 6.45) is 5.34. The van der Waals surface area contributed by atoms with E-state index in [4.69, 9.17) is 6.42 Å². The van der Waals surface area contributed by atoms with Gasteiger partial charge in [-0.1, -0.05) is 24.1 Å². The molecule has 128 valence electrons. The third-order valence-electron chi connectivity index (χ3n) is 3.69. The van der Waals surface area contributed by atoms with E-state index in [9.17, 15) is 14.0 Å². The Morgan fingerprint density at radius 2 is 1.96 bits per heavy atom. The zero-order chi connectivity index (χ0) is 18.7. The summed E-state index contributed by atoms with van der Waals surface area (Å²) in [4.78, 5) is 24.7. The number of halogens is 1. The maximum absolute atomic E-state index is 14.1. The first-order valence-corrected chi connectivity index (χ1v) is 7.73. The molecule has 6 heteroatoms. The van der Waals surface area contributed by atoms with Gasteiger partial charge in [0.05, 0.1) is 0 Å². The molecule has 1 heterocycles. The van der Waals surface area contributed by atoms with E-state index in [0.717, 1.165) is 0 Å². The van der Waals surface area contributed by atoms with Crippen LogP contribution in [0.15, 0.2) is 59.4 Å². The highest BCUT2D eigenvalue weighted by Crippen LogP contribution is 2.14. The Morgan fingerprint density at radius 3 is 2.69 bits per heavy atom. The number of terminal acetylenes is 1. The molecule has 0 aliphatic carbocycles. The van der Waals surface area contributed by atoms with Crippen LogP contribution >= 0.6 is 0 Å². The lowest BCUT2D eigenvalue weighted by Crippen LogP contribution is -2.27. The number of rotatable bonds is 3. The largest absolute Gasteiger partial charge is 0.320 e. The number of aromatic nitrogens is 2. The molecule has 0 bridgehead atoms. The summed E-state index contributed by atoms with van der Waals surface area (Å²) in [6, 6.07) is 13.9. The third kappa shape index (κ3) is 3.37. The van der Waals surface area contributed by atoms with Gasteiger partial charge in [0, 0.05) is 23.0 Å². The second-order valence-electron chi connectivity index (χ2n) is 5.54. The van der Waals surface area contributed by atoms with Crippen LogP contribution in [-0.2, 0) is 0 Å². The van der Waals surface area contributed by atoms with Gasteiger partial charge < -0.3 is 5.32 Å². The predicted molar refractivity (Wildman–Crippen MR) is 96.9 cm³/mol. The molecule has 0 saturated heterocycles. The molecule has 0 atom stereocenters. The van der Waals surface area contributed by atoms with Crippen molar-refractivity contribution in [1.29, 1.82) is 0 Å². The first-order valence-electron chi connectivity index (χ1n) is 7.73. The molecule has 2 aromatic carbocycles. The molecule has 0 spiro atoms. The van der Waals surface area contributed by atoms with Gasteiger partial charge in [-0.05, 0) is 37.3 Å². The lowest BCUT2D eigenvalue weighted by molar-refractivity contribution is 0.101. The number of hydrogen-bond donors (Lipinski definition) is 1. The fourth-order valence-electron chi connectivity index (χ4n) is 2.45. The SMILES string of the molecule is C#Cc1cccc(NC(=O)c2nn(-c3ccccc3F)c(C)cc2=O)c1. The van der Waals surface area contributed by atoms with Crippen molar-refractivity contribution >= 4 is 11.6 Å². The Hall–Kier alpha value is -3.72. The van der Waals surface area contributed by atoms with E-state index in [1.807, 2.05) is 0 Å². The minimum Gasteiger partial charge on any atom is -0.320 e. The topological polar surface area (TPSA) is 64.0 Å². The average Bonchev–Trinajstić information content (AvgIpc) is 2.63. The van der Waals surface area contributed by atoms with Crippen molar-refractivity contribution in [2.45, 2.75) is 6.92 Å². The lowest BCUT2D eigenvalue weighted by atomic mass is 10.2. The fourth-order valence-corrected chi connectivity index (χ4v) is 2.45. The van der Waals surface area contributed by atoms with Crippen molar-refractivity contribution in [1.82, 2.24) is 9.78 Å². The quantitative estimate of drug-likeness (QED) is 0.741. The van der Waals surface area contributed by atoms with Crippen molar-refractivity contribution in [3.63, 3.8) is 0 Å². The highest BCUT2D eigenvalue weighted by Gasteiger charge is 2.17. The second-order valence-corrected chi connectivity index (χ2v) is 5.54. The summed E-state index contributed by atoms with van der Waals surface area (Å²) in [5.74, 6) is 1.25. The Morgan fingerprint density at radius 1 is 1.19 bits per heavy atom. The number of carbonyl (C=O) groups excluding carboxylic acids is 1. The van der Waals surface area contributed by atoms with Gasteiger partial charge in [-0.2, -0.15) is 5.10 Å². The second kappa shape index (κ2) is 7.03. The lowest BCUT2D eigenvalue weighted by Gasteiger charge is -2.12. The van der Waals surface area contributed by atoms with Crippen LogP contribution in [0.1, 0.15) is 21.7 Å². The Bertz CT molecular complexity index is 1100. The number of benzene rings is 2. The average molecular weight is 347 g/mol. The van der Waals surface area contributed by atoms with Crippen LogP contribution in [0.25, 0.3) is 5.69 Å². The normalized spacial score (nSPS) is 10.2. The van der Waals surface area contributed by atoms with E-state index in [1.165, 1.54) is 22.9 Å². The van der Waals surface area contributed by atoms with Crippen LogP contribution in [0.3, 0.4) is 0 Å². The highest BCUT2D eigenvalue weighted by atomic mass is 19.1. The van der Waals surface area contributed by atoms with Crippen LogP contribution in [0.4, 0.5) is 10.1 Å². The van der Waals surface area contributed by atoms with Crippen molar-refractivity contribution in [2.75, 3.05) is 5.32 Å². The van der Waals surface area contributed by atoms with Crippen LogP contribution in [0.2, 0.25) is 0 Å². The number of aryl methyl sites for hydroxylation is 1. The minimum absolute atomic E-state index is 0.147. The Balaban J connectivity index is 2.01. The van der Waals surface area contributed by atoms with E-state index in [2.05, 4.69) is 16.3 Å². The molecule has 3 rings (SSSR count). The van der Waals surface area contributed by atoms with Crippen LogP contribution in [-0.4, -0.2) is 15.7 Å². The molecular weight excluding hydrogens is 333 g/mol. The van der Waals surface area contributed by atoms with E-state index in [-0.39, 0.29) is 11.4 Å². The zero-order valence-electron chi connectivity index (χ0n) is 13.9. The van der Waals surface area contributed by atoms with Gasteiger partial charge in [-0.25, -0.2) is 9.07 Å². The summed E-state index contributed by atoms with van der Waals surface area (Å²) in [6.45, 7) is 1.61. The van der Waals surface area contributed by atoms with E-state index in [0.29, 0.717) is 16.9 Å². The summed E-state index contributed by atoms with van der Waals surface area (Å²) >= 11 is 0. The number of amides is 1. The first-order chi connectivity index (χ1) is 12.5. The predicted octanol–water partition coefficient (Wildman–Crippen LogP) is 2.91. The van der Waals surface area contributed by atoms with Gasteiger partial charge in [0.1, 0.15) is 11.5 Å². The van der Waals surface area contributed by atoms with Gasteiger partial charge in [0.15, 0.2) is 5.69 Å². The van der Waals surface area contributed by atoms with Crippen molar-refractivity contribution in [3.8, 4) is 18.0 Å². The van der Waals surface area contributed by atoms with E-state index < -0.39 is 17.2 Å². The fraction of sp³-hybridized carbons (Fsp3) is 0.0500. The number of nitrogens with zero attached hydrogens (tertiary/aromatic N) is 2. The van der Waals surface area contributed by atoms with Crippen molar-refractivity contribution < 1.29 is 9.18 Å². The third-order valence-corrected chi connectivity index (χ3v) is 3.69. The molecular formula is C20H14FN3O2. The maximum atomic E-state index is 14.1. The molecule has 5 nitrogen and oxygen atoms in total. The number of nitrogens with one attached hydrogen (secondary N) is 1. The van der Waals surface area contributed by atoms with Crippen LogP contribution in [0, 0.1) is 25.1 Å². The molecule has 1 N–H and O–H groups in total. The molecule has 0 unspecified atom stereocenters. The molecule has 0 aliphatic heterocycles. The monoisotopic (exact) mass is 347 g/mol. The maximum Gasteiger partial charge on any atom is 0.280 e. The summed E-state index contributed by atoms with van der Waals surface area (Å²) < 4.78 is 15.3. The Kier molecular flexibility index (Phi) is 4.63. The Labute approximate surface area is 149 Å². The van der Waals surface area contributed by atoms with Gasteiger partial charge in [-0.15, -0.1) is 6.42 Å². The molecule has 3 aromatic rings. The molecule has 0 saturated carbocycles. The van der Waals surface area contributed by atoms with E-state index >= 15 is 0 Å². The number of carbonyl (C=O) groups is 1. The van der Waals surface area contributed by atoms with Gasteiger partial charge in [0.25, 0.3) is 5.91 Å². The van der Waals surface area contributed by atoms with Crippen molar-refractivity contribution in [3.05, 3.63) is 87.6 Å². The van der Waals surface area contributed by atoms with E-state index in [1.54, 1.807) is 43.3 Å². The standard InChI is InChI=1S/C20H14FN3O2/c1-3-14-7-6-8-15(12-14)22-20(26)19-18(25)11-13(2)24(23-19)17-10-5-4-9-16(17)21/h1,4-12H,2H3,(H,22,26). The molecule has 26 heavy (non-hydrogen) atoms. The number of anilines is 1. The van der Waals surface area contributed by atoms with Gasteiger partial charge >= 0.3 is 0 Å². The minimum atomic E-state index is -0.700. The van der Waals surface area contributed by atoms with Gasteiger partial charge in [0.2, 0.25) is 5.43 Å². The molecule has 1 amide bonds. The summed E-state index contributed by atoms with van der Waals surface area (Å²) in [5, 5.41) is 6.64. The smallest absolute Gasteiger partial charge is 0.280 e. The number of para-hydroxylation sites is 1. The zero-order valence-corrected chi connectivity index (χ0v) is 13.9. The first kappa shape index (κ1) is 17.1. The van der Waals surface area contributed by atoms with Crippen LogP contribution < -0.4 is 10.7 Å². The summed E-state index contributed by atoms with van der Waals surface area (Å²) in [7, 11) is 0. The van der Waals surface area contributed by atoms with Crippen LogP contribution in [0.5, 0.6) is 0 Å². The molecule has 0 fully saturated rings. The number of hydrogen-bond acceptors (Lipinski definition) is 3. The highest BCUT2D eigenvalue weighted by molar-refractivity contribution is 6.02. The van der Waals surface area contributed by atoms with Crippen molar-refractivity contribution in [2.24, 2.45) is 0 Å². The summed E-state index contributed by atoms with van der Waals surface area (Å²) in [5.41, 5.74) is 0.679. The molecule has 0 radical (unpaired) electrons.